The van der Waals surface area contributed by atoms with E-state index in [1.54, 1.807) is 40.4 Å². The summed E-state index contributed by atoms with van der Waals surface area (Å²) in [6.07, 6.45) is 7.89. The number of aliphatic hydroxyl groups is 1. The third-order valence-electron chi connectivity index (χ3n) is 13.8. The van der Waals surface area contributed by atoms with Crippen molar-refractivity contribution >= 4 is 63.0 Å². The van der Waals surface area contributed by atoms with Crippen molar-refractivity contribution in [1.82, 2.24) is 50.3 Å². The minimum atomic E-state index is -0.923. The van der Waals surface area contributed by atoms with Gasteiger partial charge in [0.05, 0.1) is 34.9 Å². The van der Waals surface area contributed by atoms with Crippen molar-refractivity contribution in [3.8, 4) is 21.6 Å². The summed E-state index contributed by atoms with van der Waals surface area (Å²) < 4.78 is 1.66. The lowest BCUT2D eigenvalue weighted by atomic mass is 9.85. The van der Waals surface area contributed by atoms with Crippen LogP contribution in [0.5, 0.6) is 0 Å². The molecule has 0 radical (unpaired) electrons. The molecule has 1 fully saturated rings. The maximum absolute atomic E-state index is 14.2. The summed E-state index contributed by atoms with van der Waals surface area (Å²) in [7, 11) is 3.65. The van der Waals surface area contributed by atoms with Crippen LogP contribution in [0.1, 0.15) is 93.0 Å². The van der Waals surface area contributed by atoms with Crippen molar-refractivity contribution in [2.45, 2.75) is 104 Å². The van der Waals surface area contributed by atoms with Crippen LogP contribution in [0.2, 0.25) is 0 Å². The number of carbonyl (C=O) groups excluding carboxylic acids is 5. The first-order chi connectivity index (χ1) is 35.1. The summed E-state index contributed by atoms with van der Waals surface area (Å²) in [4.78, 5) is 82.3. The number of aromatic amines is 1. The van der Waals surface area contributed by atoms with Crippen molar-refractivity contribution < 1.29 is 29.1 Å². The Bertz CT molecular complexity index is 2940. The fourth-order valence-electron chi connectivity index (χ4n) is 9.61. The third-order valence-corrected chi connectivity index (χ3v) is 14.8. The average molecular weight is 1010 g/mol. The van der Waals surface area contributed by atoms with Gasteiger partial charge in [-0.15, -0.1) is 16.4 Å². The fourth-order valence-corrected chi connectivity index (χ4v) is 10.4. The molecule has 6 aromatic rings. The molecule has 0 saturated carbocycles. The van der Waals surface area contributed by atoms with Crippen LogP contribution in [-0.2, 0) is 32.3 Å². The number of thiazole rings is 1. The Kier molecular flexibility index (Phi) is 16.5. The number of nitrogens with zero attached hydrogens (tertiary/aromatic N) is 7. The van der Waals surface area contributed by atoms with E-state index >= 15 is 0 Å². The van der Waals surface area contributed by atoms with Gasteiger partial charge in [0.1, 0.15) is 17.8 Å². The molecule has 5 heterocycles. The summed E-state index contributed by atoms with van der Waals surface area (Å²) in [5.41, 5.74) is 10.3. The first kappa shape index (κ1) is 52.2. The molecule has 384 valence electrons. The molecular weight excluding hydrogens is 943 g/mol. The highest BCUT2D eigenvalue weighted by atomic mass is 32.1. The van der Waals surface area contributed by atoms with E-state index < -0.39 is 29.5 Å². The van der Waals surface area contributed by atoms with Gasteiger partial charge in [0.25, 0.3) is 5.91 Å². The monoisotopic (exact) mass is 1010 g/mol. The van der Waals surface area contributed by atoms with E-state index in [2.05, 4.69) is 66.6 Å². The van der Waals surface area contributed by atoms with Gasteiger partial charge >= 0.3 is 0 Å². The molecule has 0 bridgehead atoms. The van der Waals surface area contributed by atoms with Gasteiger partial charge in [-0.25, -0.2) is 4.98 Å². The molecule has 3 aromatic carbocycles. The Labute approximate surface area is 430 Å². The standard InChI is InChI=1S/C55H67N11O6S/c1-35-50(73-34-58-35)38-15-13-36(14-16-38)31-57-52(70)47-29-42(67)33-66(47)54(72)51(55(2,3)4)61-48(68)12-8-7-9-23-63(6)53(71)46-30-44-43(37-17-19-41(56-5)20-18-37)27-40(28-45(44)60-46)39-11-10-24-64(32-39)49(69)21-25-65-26-22-59-62-65/h11,13-20,22,26-28,30,34,42,47,51,56,60,67H,7-10,12,21,23-25,29,31-33H2,1-6H3,(H,57,70)(H,61,68)/t42-,47+,51-/m1/s1. The van der Waals surface area contributed by atoms with Gasteiger partial charge in [-0.2, -0.15) is 0 Å². The Morgan fingerprint density at radius 3 is 2.42 bits per heavy atom. The maximum atomic E-state index is 14.2. The van der Waals surface area contributed by atoms with Gasteiger partial charge in [-0.05, 0) is 95.3 Å². The topological polar surface area (TPSA) is 211 Å². The van der Waals surface area contributed by atoms with Crippen LogP contribution >= 0.6 is 11.3 Å². The quantitative estimate of drug-likeness (QED) is 0.0522. The van der Waals surface area contributed by atoms with E-state index in [9.17, 15) is 29.1 Å². The average Bonchev–Trinajstić information content (AvgIpc) is 4.24. The number of hydrogen-bond donors (Lipinski definition) is 5. The fraction of sp³-hybridized carbons (Fsp3) is 0.418. The maximum Gasteiger partial charge on any atom is 0.270 e. The number of amides is 5. The zero-order chi connectivity index (χ0) is 51.8. The highest BCUT2D eigenvalue weighted by Gasteiger charge is 2.44. The number of anilines is 1. The van der Waals surface area contributed by atoms with Crippen molar-refractivity contribution in [1.29, 1.82) is 0 Å². The number of aromatic nitrogens is 5. The highest BCUT2D eigenvalue weighted by Crippen LogP contribution is 2.36. The number of unbranched alkanes of at least 4 members (excludes halogenated alkanes) is 2. The minimum Gasteiger partial charge on any atom is -0.391 e. The molecule has 18 heteroatoms. The SMILES string of the molecule is CNc1ccc(-c2cc(C3=CCCN(C(=O)CCn4ccnn4)C3)cc3[nH]c(C(=O)N(C)CCCCCC(=O)N[C@H](C(=O)N4C[C@H](O)C[C@H]4C(=O)NCc4ccc(-c5scnc5C)cc4)C(C)(C)C)cc23)cc1. The van der Waals surface area contributed by atoms with Gasteiger partial charge < -0.3 is 40.7 Å². The molecule has 1 saturated heterocycles. The largest absolute Gasteiger partial charge is 0.391 e. The van der Waals surface area contributed by atoms with E-state index in [0.29, 0.717) is 57.6 Å². The first-order valence-electron chi connectivity index (χ1n) is 25.1. The molecule has 3 aromatic heterocycles. The van der Waals surface area contributed by atoms with Gasteiger partial charge in [0.15, 0.2) is 0 Å². The van der Waals surface area contributed by atoms with Gasteiger partial charge in [0.2, 0.25) is 23.6 Å². The van der Waals surface area contributed by atoms with E-state index in [1.807, 2.05) is 87.6 Å². The third kappa shape index (κ3) is 12.7. The van der Waals surface area contributed by atoms with Crippen molar-refractivity contribution in [2.75, 3.05) is 45.6 Å². The van der Waals surface area contributed by atoms with Crippen molar-refractivity contribution in [3.63, 3.8) is 0 Å². The Hall–Kier alpha value is -7.18. The number of likely N-dealkylation sites (tertiary alicyclic amines) is 1. The number of hydrogen-bond acceptors (Lipinski definition) is 11. The molecule has 5 N–H and O–H groups in total. The molecule has 0 aliphatic carbocycles. The molecule has 8 rings (SSSR count). The lowest BCUT2D eigenvalue weighted by Crippen LogP contribution is -2.57. The van der Waals surface area contributed by atoms with E-state index in [0.717, 1.165) is 67.0 Å². The number of benzene rings is 3. The van der Waals surface area contributed by atoms with E-state index in [1.165, 1.54) is 4.90 Å². The number of rotatable bonds is 19. The number of aryl methyl sites for hydroxylation is 2. The summed E-state index contributed by atoms with van der Waals surface area (Å²) >= 11 is 1.57. The molecule has 5 amide bonds. The van der Waals surface area contributed by atoms with Crippen LogP contribution in [0.3, 0.4) is 0 Å². The van der Waals surface area contributed by atoms with Crippen LogP contribution in [0.4, 0.5) is 5.69 Å². The van der Waals surface area contributed by atoms with E-state index in [-0.39, 0.29) is 49.6 Å². The minimum absolute atomic E-state index is 0.00623. The van der Waals surface area contributed by atoms with Crippen LogP contribution in [0, 0.1) is 12.3 Å². The molecule has 2 aliphatic rings. The van der Waals surface area contributed by atoms with Gasteiger partial charge in [-0.1, -0.05) is 74.9 Å². The molecule has 73 heavy (non-hydrogen) atoms. The molecular formula is C55H67N11O6S. The van der Waals surface area contributed by atoms with Crippen LogP contribution in [0.25, 0.3) is 38.0 Å². The predicted molar refractivity (Wildman–Crippen MR) is 284 cm³/mol. The Morgan fingerprint density at radius 2 is 1.73 bits per heavy atom. The first-order valence-corrected chi connectivity index (χ1v) is 26.0. The molecule has 0 spiro atoms. The molecule has 17 nitrogen and oxygen atoms in total. The number of β-amino-alcohol motifs (C(OH)–C–C–N with tert-alkyl or cyclic N) is 1. The van der Waals surface area contributed by atoms with E-state index in [4.69, 9.17) is 0 Å². The molecule has 3 atom stereocenters. The zero-order valence-electron chi connectivity index (χ0n) is 42.6. The number of nitrogens with one attached hydrogen (secondary N) is 4. The summed E-state index contributed by atoms with van der Waals surface area (Å²) in [6, 6.07) is 20.4. The number of carbonyl (C=O) groups is 5. The number of H-pyrrole nitrogens is 1. The lowest BCUT2D eigenvalue weighted by Gasteiger charge is -2.35. The Morgan fingerprint density at radius 1 is 0.959 bits per heavy atom. The van der Waals surface area contributed by atoms with Gasteiger partial charge in [0, 0.05) is 88.9 Å². The molecule has 0 unspecified atom stereocenters. The summed E-state index contributed by atoms with van der Waals surface area (Å²) in [5, 5.41) is 28.5. The van der Waals surface area contributed by atoms with Crippen LogP contribution < -0.4 is 16.0 Å². The second kappa shape index (κ2) is 23.1. The number of aliphatic hydroxyl groups excluding tert-OH is 1. The smallest absolute Gasteiger partial charge is 0.270 e. The van der Waals surface area contributed by atoms with Crippen molar-refractivity contribution in [3.05, 3.63) is 113 Å². The predicted octanol–water partition coefficient (Wildman–Crippen LogP) is 7.05. The zero-order valence-corrected chi connectivity index (χ0v) is 43.4. The summed E-state index contributed by atoms with van der Waals surface area (Å²) in [5.74, 6) is -1.15. The second-order valence-electron chi connectivity index (χ2n) is 20.2. The normalized spacial score (nSPS) is 16.3. The number of fused-ring (bicyclic) bond motifs is 1. The Balaban J connectivity index is 0.846. The summed E-state index contributed by atoms with van der Waals surface area (Å²) in [6.45, 7) is 9.87. The van der Waals surface area contributed by atoms with Crippen LogP contribution in [-0.4, -0.2) is 133 Å². The second-order valence-corrected chi connectivity index (χ2v) is 21.1. The molecule has 2 aliphatic heterocycles. The van der Waals surface area contributed by atoms with Crippen molar-refractivity contribution in [2.24, 2.45) is 5.41 Å². The van der Waals surface area contributed by atoms with Crippen LogP contribution in [0.15, 0.2) is 90.7 Å². The lowest BCUT2D eigenvalue weighted by molar-refractivity contribution is -0.144. The van der Waals surface area contributed by atoms with Gasteiger partial charge in [-0.3, -0.25) is 28.7 Å². The highest BCUT2D eigenvalue weighted by molar-refractivity contribution is 7.13.